The fourth-order valence-electron chi connectivity index (χ4n) is 3.32. The lowest BCUT2D eigenvalue weighted by Gasteiger charge is -2.22. The highest BCUT2D eigenvalue weighted by Gasteiger charge is 2.16. The predicted octanol–water partition coefficient (Wildman–Crippen LogP) is 4.58. The second-order valence-corrected chi connectivity index (χ2v) is 6.98. The first kappa shape index (κ1) is 19.1. The molecule has 1 aliphatic carbocycles. The van der Waals surface area contributed by atoms with Gasteiger partial charge in [0.2, 0.25) is 0 Å². The van der Waals surface area contributed by atoms with Crippen molar-refractivity contribution in [3.8, 4) is 11.5 Å². The Morgan fingerprint density at radius 3 is 2.56 bits per heavy atom. The molecule has 1 aliphatic rings. The summed E-state index contributed by atoms with van der Waals surface area (Å²) in [7, 11) is 1.65. The monoisotopic (exact) mass is 367 g/mol. The summed E-state index contributed by atoms with van der Waals surface area (Å²) in [6, 6.07) is 15.9. The summed E-state index contributed by atoms with van der Waals surface area (Å²) >= 11 is 0. The van der Waals surface area contributed by atoms with Crippen LogP contribution in [0.1, 0.15) is 37.7 Å². The first-order valence-corrected chi connectivity index (χ1v) is 9.67. The zero-order chi connectivity index (χ0) is 18.9. The lowest BCUT2D eigenvalue weighted by molar-refractivity contribution is 0.197. The largest absolute Gasteiger partial charge is 0.489 e. The Morgan fingerprint density at radius 1 is 1.04 bits per heavy atom. The Kier molecular flexibility index (Phi) is 6.97. The Labute approximate surface area is 161 Å². The van der Waals surface area contributed by atoms with E-state index in [2.05, 4.69) is 10.3 Å². The fourth-order valence-corrected chi connectivity index (χ4v) is 3.32. The Bertz CT molecular complexity index is 740. The van der Waals surface area contributed by atoms with Gasteiger partial charge in [-0.3, -0.25) is 4.99 Å². The van der Waals surface area contributed by atoms with Crippen molar-refractivity contribution >= 4 is 11.6 Å². The number of nitrogens with zero attached hydrogens (tertiary/aromatic N) is 1. The number of anilines is 1. The molecule has 3 N–H and O–H groups in total. The van der Waals surface area contributed by atoms with Crippen molar-refractivity contribution in [2.45, 2.75) is 38.7 Å². The van der Waals surface area contributed by atoms with E-state index in [1.54, 1.807) is 7.05 Å². The third kappa shape index (κ3) is 5.91. The molecule has 0 aromatic heterocycles. The lowest BCUT2D eigenvalue weighted by Crippen LogP contribution is -2.22. The van der Waals surface area contributed by atoms with Crippen LogP contribution < -0.4 is 20.5 Å². The normalized spacial score (nSPS) is 15.4. The Morgan fingerprint density at radius 2 is 1.81 bits per heavy atom. The Hall–Kier alpha value is -2.69. The number of nitrogens with one attached hydrogen (secondary N) is 1. The van der Waals surface area contributed by atoms with Gasteiger partial charge < -0.3 is 20.5 Å². The topological polar surface area (TPSA) is 68.9 Å². The van der Waals surface area contributed by atoms with Gasteiger partial charge in [0.1, 0.15) is 6.61 Å². The zero-order valence-corrected chi connectivity index (χ0v) is 16.0. The smallest absolute Gasteiger partial charge is 0.192 e. The van der Waals surface area contributed by atoms with Crippen LogP contribution in [-0.2, 0) is 6.61 Å². The number of ether oxygens (including phenoxy) is 2. The van der Waals surface area contributed by atoms with E-state index >= 15 is 0 Å². The number of hydrogen-bond donors (Lipinski definition) is 2. The molecule has 1 saturated carbocycles. The highest BCUT2D eigenvalue weighted by molar-refractivity contribution is 5.92. The number of nitrogens with two attached hydrogens (primary N) is 1. The molecule has 0 saturated heterocycles. The van der Waals surface area contributed by atoms with Crippen LogP contribution in [0.4, 0.5) is 5.69 Å². The van der Waals surface area contributed by atoms with Crippen molar-refractivity contribution in [2.24, 2.45) is 16.6 Å². The molecule has 144 valence electrons. The minimum absolute atomic E-state index is 0.361. The van der Waals surface area contributed by atoms with Gasteiger partial charge in [-0.1, -0.05) is 49.6 Å². The molecule has 0 unspecified atom stereocenters. The van der Waals surface area contributed by atoms with Gasteiger partial charge in [0, 0.05) is 18.8 Å². The second kappa shape index (κ2) is 9.86. The van der Waals surface area contributed by atoms with Crippen molar-refractivity contribution in [1.29, 1.82) is 0 Å². The van der Waals surface area contributed by atoms with Crippen LogP contribution in [0.3, 0.4) is 0 Å². The third-order valence-electron chi connectivity index (χ3n) is 4.89. The molecule has 0 atom stereocenters. The van der Waals surface area contributed by atoms with E-state index < -0.39 is 0 Å². The summed E-state index contributed by atoms with van der Waals surface area (Å²) in [4.78, 5) is 3.94. The third-order valence-corrected chi connectivity index (χ3v) is 4.89. The van der Waals surface area contributed by atoms with Gasteiger partial charge in [0.25, 0.3) is 0 Å². The van der Waals surface area contributed by atoms with Crippen LogP contribution in [0, 0.1) is 5.92 Å². The number of benzene rings is 2. The summed E-state index contributed by atoms with van der Waals surface area (Å²) < 4.78 is 12.2. The molecule has 1 fully saturated rings. The highest BCUT2D eigenvalue weighted by atomic mass is 16.5. The summed E-state index contributed by atoms with van der Waals surface area (Å²) in [6.45, 7) is 1.23. The first-order chi connectivity index (χ1) is 13.2. The predicted molar refractivity (Wildman–Crippen MR) is 110 cm³/mol. The van der Waals surface area contributed by atoms with Crippen LogP contribution in [0.5, 0.6) is 11.5 Å². The standard InChI is InChI=1S/C22H29N3O2/c1-24-22(23)25-19-12-13-20(26-15-17-8-4-2-5-9-17)21(14-19)27-16-18-10-6-3-7-11-18/h3,6-7,10-14,17H,2,4-5,8-9,15-16H2,1H3,(H3,23,24,25). The van der Waals surface area contributed by atoms with Crippen LogP contribution in [0.25, 0.3) is 0 Å². The van der Waals surface area contributed by atoms with Gasteiger partial charge in [-0.25, -0.2) is 0 Å². The molecule has 2 aromatic carbocycles. The van der Waals surface area contributed by atoms with Crippen LogP contribution in [-0.4, -0.2) is 19.6 Å². The van der Waals surface area contributed by atoms with Gasteiger partial charge in [-0.2, -0.15) is 0 Å². The molecule has 5 nitrogen and oxygen atoms in total. The maximum atomic E-state index is 6.14. The van der Waals surface area contributed by atoms with Gasteiger partial charge in [-0.15, -0.1) is 0 Å². The molecule has 5 heteroatoms. The van der Waals surface area contributed by atoms with Crippen molar-refractivity contribution in [1.82, 2.24) is 0 Å². The van der Waals surface area contributed by atoms with E-state index in [-0.39, 0.29) is 0 Å². The number of hydrogen-bond acceptors (Lipinski definition) is 3. The quantitative estimate of drug-likeness (QED) is 0.555. The molecule has 2 aromatic rings. The van der Waals surface area contributed by atoms with Crippen molar-refractivity contribution < 1.29 is 9.47 Å². The molecule has 0 heterocycles. The molecule has 0 aliphatic heterocycles. The van der Waals surface area contributed by atoms with Gasteiger partial charge in [-0.05, 0) is 36.5 Å². The second-order valence-electron chi connectivity index (χ2n) is 6.98. The van der Waals surface area contributed by atoms with Crippen molar-refractivity contribution in [3.05, 3.63) is 54.1 Å². The molecular formula is C22H29N3O2. The first-order valence-electron chi connectivity index (χ1n) is 9.67. The van der Waals surface area contributed by atoms with Gasteiger partial charge in [0.05, 0.1) is 6.61 Å². The SMILES string of the molecule is CN=C(N)Nc1ccc(OCC2CCCCC2)c(OCc2ccccc2)c1. The van der Waals surface area contributed by atoms with E-state index in [0.29, 0.717) is 24.2 Å². The number of rotatable bonds is 7. The van der Waals surface area contributed by atoms with Crippen LogP contribution in [0.15, 0.2) is 53.5 Å². The van der Waals surface area contributed by atoms with Gasteiger partial charge >= 0.3 is 0 Å². The summed E-state index contributed by atoms with van der Waals surface area (Å²) in [5.41, 5.74) is 7.72. The summed E-state index contributed by atoms with van der Waals surface area (Å²) in [5, 5.41) is 3.06. The number of aliphatic imine (C=N–C) groups is 1. The van der Waals surface area contributed by atoms with E-state index in [1.807, 2.05) is 48.5 Å². The molecular weight excluding hydrogens is 338 g/mol. The highest BCUT2D eigenvalue weighted by Crippen LogP contribution is 2.33. The average molecular weight is 367 g/mol. The summed E-state index contributed by atoms with van der Waals surface area (Å²) in [5.74, 6) is 2.49. The molecule has 3 rings (SSSR count). The van der Waals surface area contributed by atoms with E-state index in [4.69, 9.17) is 15.2 Å². The van der Waals surface area contributed by atoms with Crippen molar-refractivity contribution in [2.75, 3.05) is 19.0 Å². The van der Waals surface area contributed by atoms with E-state index in [9.17, 15) is 0 Å². The minimum atomic E-state index is 0.361. The lowest BCUT2D eigenvalue weighted by atomic mass is 9.90. The minimum Gasteiger partial charge on any atom is -0.489 e. The molecule has 0 radical (unpaired) electrons. The molecule has 27 heavy (non-hydrogen) atoms. The van der Waals surface area contributed by atoms with Gasteiger partial charge in [0.15, 0.2) is 17.5 Å². The van der Waals surface area contributed by atoms with Crippen molar-refractivity contribution in [3.63, 3.8) is 0 Å². The number of guanidine groups is 1. The molecule has 0 bridgehead atoms. The maximum absolute atomic E-state index is 6.14. The summed E-state index contributed by atoms with van der Waals surface area (Å²) in [6.07, 6.45) is 6.48. The van der Waals surface area contributed by atoms with Crippen LogP contribution >= 0.6 is 0 Å². The Balaban J connectivity index is 1.71. The zero-order valence-electron chi connectivity index (χ0n) is 16.0. The fraction of sp³-hybridized carbons (Fsp3) is 0.409. The van der Waals surface area contributed by atoms with E-state index in [1.165, 1.54) is 32.1 Å². The molecule has 0 amide bonds. The maximum Gasteiger partial charge on any atom is 0.192 e. The average Bonchev–Trinajstić information content (AvgIpc) is 2.73. The molecule has 0 spiro atoms. The van der Waals surface area contributed by atoms with Crippen LogP contribution in [0.2, 0.25) is 0 Å². The van der Waals surface area contributed by atoms with E-state index in [0.717, 1.165) is 23.6 Å².